The first-order valence-electron chi connectivity index (χ1n) is 10.5. The van der Waals surface area contributed by atoms with Crippen LogP contribution in [0.15, 0.2) is 53.5 Å². The molecule has 0 spiro atoms. The fraction of sp³-hybridized carbons (Fsp3) is 0.375. The highest BCUT2D eigenvalue weighted by Gasteiger charge is 2.38. The number of aliphatic imine (C=N–C) groups is 1. The lowest BCUT2D eigenvalue weighted by molar-refractivity contribution is -0.908. The summed E-state index contributed by atoms with van der Waals surface area (Å²) in [6, 6.07) is 15.4. The minimum atomic E-state index is -0.532. The summed E-state index contributed by atoms with van der Waals surface area (Å²) in [5.74, 6) is -1.02. The zero-order valence-corrected chi connectivity index (χ0v) is 17.1. The van der Waals surface area contributed by atoms with Crippen molar-refractivity contribution in [3.8, 4) is 0 Å². The lowest BCUT2D eigenvalue weighted by Crippen LogP contribution is -3.13. The van der Waals surface area contributed by atoms with Crippen molar-refractivity contribution in [3.05, 3.63) is 65.2 Å². The summed E-state index contributed by atoms with van der Waals surface area (Å²) in [7, 11) is 0. The molecule has 1 saturated heterocycles. The number of likely N-dealkylation sites (tertiary alicyclic amines) is 1. The van der Waals surface area contributed by atoms with Gasteiger partial charge in [0.2, 0.25) is 5.91 Å². The van der Waals surface area contributed by atoms with Crippen molar-refractivity contribution in [2.24, 2.45) is 4.99 Å². The van der Waals surface area contributed by atoms with E-state index in [1.165, 1.54) is 24.3 Å². The number of fused-ring (bicyclic) bond motifs is 1. The fourth-order valence-corrected chi connectivity index (χ4v) is 4.57. The molecule has 5 nitrogen and oxygen atoms in total. The lowest BCUT2D eigenvalue weighted by Gasteiger charge is -2.31. The van der Waals surface area contributed by atoms with Crippen LogP contribution in [0, 0.1) is 6.92 Å². The molecule has 1 N–H and O–H groups in total. The van der Waals surface area contributed by atoms with Gasteiger partial charge in [0.15, 0.2) is 0 Å². The third kappa shape index (κ3) is 3.75. The maximum atomic E-state index is 13.4. The first-order chi connectivity index (χ1) is 14.1. The highest BCUT2D eigenvalue weighted by molar-refractivity contribution is 6.29. The SMILES string of the molecule is CC[NH+]1CCC[C@@H]1CN=CC1C(=O)N(c2cccc(C)c2)C(=O)c2ccccc21. The number of benzene rings is 2. The van der Waals surface area contributed by atoms with Crippen LogP contribution in [0.3, 0.4) is 0 Å². The zero-order chi connectivity index (χ0) is 20.4. The summed E-state index contributed by atoms with van der Waals surface area (Å²) in [6.07, 6.45) is 4.19. The Bertz CT molecular complexity index is 953. The van der Waals surface area contributed by atoms with Crippen LogP contribution in [-0.2, 0) is 4.79 Å². The molecular formula is C24H28N3O2+. The van der Waals surface area contributed by atoms with Crippen molar-refractivity contribution in [1.29, 1.82) is 0 Å². The smallest absolute Gasteiger partial charge is 0.265 e. The van der Waals surface area contributed by atoms with Crippen LogP contribution in [0.25, 0.3) is 0 Å². The van der Waals surface area contributed by atoms with E-state index >= 15 is 0 Å². The number of nitrogens with zero attached hydrogens (tertiary/aromatic N) is 2. The second-order valence-corrected chi connectivity index (χ2v) is 8.00. The number of hydrogen-bond acceptors (Lipinski definition) is 3. The third-order valence-electron chi connectivity index (χ3n) is 6.14. The van der Waals surface area contributed by atoms with E-state index in [-0.39, 0.29) is 11.8 Å². The van der Waals surface area contributed by atoms with E-state index in [0.29, 0.717) is 17.3 Å². The molecule has 2 aromatic carbocycles. The molecular weight excluding hydrogens is 362 g/mol. The van der Waals surface area contributed by atoms with E-state index in [4.69, 9.17) is 4.99 Å². The second kappa shape index (κ2) is 8.29. The fourth-order valence-electron chi connectivity index (χ4n) is 4.57. The number of rotatable bonds is 5. The molecule has 2 aliphatic heterocycles. The van der Waals surface area contributed by atoms with Gasteiger partial charge in [-0.25, -0.2) is 4.90 Å². The number of nitrogens with one attached hydrogen (secondary N) is 1. The number of quaternary nitrogens is 1. The van der Waals surface area contributed by atoms with Crippen LogP contribution in [0.2, 0.25) is 0 Å². The maximum absolute atomic E-state index is 13.4. The molecule has 5 heteroatoms. The molecule has 2 unspecified atom stereocenters. The summed E-state index contributed by atoms with van der Waals surface area (Å²) in [6.45, 7) is 7.22. The molecule has 2 heterocycles. The van der Waals surface area contributed by atoms with Crippen molar-refractivity contribution in [3.63, 3.8) is 0 Å². The van der Waals surface area contributed by atoms with Crippen LogP contribution in [0.5, 0.6) is 0 Å². The average Bonchev–Trinajstić information content (AvgIpc) is 3.18. The normalized spacial score (nSPS) is 24.3. The molecule has 2 amide bonds. The van der Waals surface area contributed by atoms with Gasteiger partial charge >= 0.3 is 0 Å². The van der Waals surface area contributed by atoms with Crippen LogP contribution < -0.4 is 9.80 Å². The Morgan fingerprint density at radius 2 is 2.00 bits per heavy atom. The van der Waals surface area contributed by atoms with E-state index in [0.717, 1.165) is 24.2 Å². The van der Waals surface area contributed by atoms with Gasteiger partial charge in [-0.3, -0.25) is 14.6 Å². The largest absolute Gasteiger partial charge is 0.331 e. The van der Waals surface area contributed by atoms with Crippen molar-refractivity contribution < 1.29 is 14.5 Å². The molecule has 29 heavy (non-hydrogen) atoms. The third-order valence-corrected chi connectivity index (χ3v) is 6.14. The van der Waals surface area contributed by atoms with Gasteiger partial charge in [0.25, 0.3) is 5.91 Å². The summed E-state index contributed by atoms with van der Waals surface area (Å²) in [4.78, 5) is 34.1. The van der Waals surface area contributed by atoms with Crippen LogP contribution >= 0.6 is 0 Å². The average molecular weight is 391 g/mol. The Hall–Kier alpha value is -2.79. The van der Waals surface area contributed by atoms with Crippen molar-refractivity contribution in [1.82, 2.24) is 0 Å². The molecule has 0 aromatic heterocycles. The van der Waals surface area contributed by atoms with Crippen LogP contribution in [-0.4, -0.2) is 43.7 Å². The van der Waals surface area contributed by atoms with Crippen LogP contribution in [0.1, 0.15) is 47.2 Å². The molecule has 0 aliphatic carbocycles. The number of anilines is 1. The Kier molecular flexibility index (Phi) is 5.58. The molecule has 3 atom stereocenters. The summed E-state index contributed by atoms with van der Waals surface area (Å²) in [5, 5.41) is 0. The van der Waals surface area contributed by atoms with Gasteiger partial charge in [-0.1, -0.05) is 30.3 Å². The minimum absolute atomic E-state index is 0.228. The van der Waals surface area contributed by atoms with E-state index in [1.54, 1.807) is 17.2 Å². The summed E-state index contributed by atoms with van der Waals surface area (Å²) in [5.41, 5.74) is 2.95. The summed E-state index contributed by atoms with van der Waals surface area (Å²) >= 11 is 0. The van der Waals surface area contributed by atoms with E-state index < -0.39 is 5.92 Å². The Morgan fingerprint density at radius 1 is 1.17 bits per heavy atom. The number of carbonyl (C=O) groups is 2. The number of carbonyl (C=O) groups excluding carboxylic acids is 2. The topological polar surface area (TPSA) is 54.2 Å². The first kappa shape index (κ1) is 19.5. The number of imide groups is 1. The molecule has 2 aromatic rings. The Balaban J connectivity index is 1.65. The Labute approximate surface area is 172 Å². The molecule has 0 radical (unpaired) electrons. The number of aryl methyl sites for hydroxylation is 1. The highest BCUT2D eigenvalue weighted by Crippen LogP contribution is 2.32. The summed E-state index contributed by atoms with van der Waals surface area (Å²) < 4.78 is 0. The van der Waals surface area contributed by atoms with Crippen molar-refractivity contribution in [2.45, 2.75) is 38.6 Å². The van der Waals surface area contributed by atoms with Gasteiger partial charge in [0, 0.05) is 24.6 Å². The van der Waals surface area contributed by atoms with E-state index in [9.17, 15) is 9.59 Å². The van der Waals surface area contributed by atoms with Gasteiger partial charge in [-0.2, -0.15) is 0 Å². The van der Waals surface area contributed by atoms with Crippen LogP contribution in [0.4, 0.5) is 5.69 Å². The lowest BCUT2D eigenvalue weighted by atomic mass is 9.88. The quantitative estimate of drug-likeness (QED) is 0.630. The van der Waals surface area contributed by atoms with Gasteiger partial charge in [-0.05, 0) is 43.2 Å². The van der Waals surface area contributed by atoms with Gasteiger partial charge < -0.3 is 4.90 Å². The predicted molar refractivity (Wildman–Crippen MR) is 115 cm³/mol. The van der Waals surface area contributed by atoms with Gasteiger partial charge in [-0.15, -0.1) is 0 Å². The molecule has 0 saturated carbocycles. The van der Waals surface area contributed by atoms with Crippen molar-refractivity contribution >= 4 is 23.7 Å². The Morgan fingerprint density at radius 3 is 2.79 bits per heavy atom. The molecule has 150 valence electrons. The van der Waals surface area contributed by atoms with E-state index in [1.807, 2.05) is 49.4 Å². The number of hydrogen-bond donors (Lipinski definition) is 1. The number of amides is 2. The second-order valence-electron chi connectivity index (χ2n) is 8.00. The minimum Gasteiger partial charge on any atom is -0.331 e. The molecule has 2 aliphatic rings. The molecule has 1 fully saturated rings. The highest BCUT2D eigenvalue weighted by atomic mass is 16.2. The first-order valence-corrected chi connectivity index (χ1v) is 10.5. The van der Waals surface area contributed by atoms with Crippen molar-refractivity contribution in [2.75, 3.05) is 24.5 Å². The zero-order valence-electron chi connectivity index (χ0n) is 17.1. The maximum Gasteiger partial charge on any atom is 0.265 e. The monoisotopic (exact) mass is 390 g/mol. The van der Waals surface area contributed by atoms with E-state index in [2.05, 4.69) is 6.92 Å². The molecule has 4 rings (SSSR count). The molecule has 0 bridgehead atoms. The van der Waals surface area contributed by atoms with Gasteiger partial charge in [0.05, 0.1) is 31.2 Å². The number of likely N-dealkylation sites (N-methyl/N-ethyl adjacent to an activating group) is 1. The van der Waals surface area contributed by atoms with Gasteiger partial charge in [0.1, 0.15) is 6.04 Å². The predicted octanol–water partition coefficient (Wildman–Crippen LogP) is 2.40. The standard InChI is InChI=1S/C24H27N3O2/c1-3-26-13-7-10-19(26)15-25-16-22-20-11-4-5-12-21(20)23(28)27(24(22)29)18-9-6-8-17(2)14-18/h4-6,8-9,11-12,14,16,19,22H,3,7,10,13,15H2,1-2H3/p+1/t19-,22?/m1/s1.